The molecule has 2 fully saturated rings. The van der Waals surface area contributed by atoms with E-state index in [1.165, 1.54) is 6.92 Å². The summed E-state index contributed by atoms with van der Waals surface area (Å²) >= 11 is 0. The van der Waals surface area contributed by atoms with Gasteiger partial charge in [0.25, 0.3) is 0 Å². The summed E-state index contributed by atoms with van der Waals surface area (Å²) in [6.45, 7) is 3.72. The Balaban J connectivity index is 1.70. The van der Waals surface area contributed by atoms with E-state index >= 15 is 0 Å². The lowest BCUT2D eigenvalue weighted by Gasteiger charge is -2.23. The molecule has 5 heteroatoms. The zero-order valence-electron chi connectivity index (χ0n) is 12.8. The van der Waals surface area contributed by atoms with Crippen LogP contribution in [0.1, 0.15) is 31.7 Å². The minimum Gasteiger partial charge on any atom is -0.481 e. The zero-order chi connectivity index (χ0) is 15.7. The van der Waals surface area contributed by atoms with Crippen LogP contribution < -0.4 is 5.32 Å². The van der Waals surface area contributed by atoms with Crippen LogP contribution in [0.3, 0.4) is 0 Å². The molecule has 0 radical (unpaired) electrons. The average Bonchev–Trinajstić information content (AvgIpc) is 2.95. The summed E-state index contributed by atoms with van der Waals surface area (Å²) in [7, 11) is 0. The maximum atomic E-state index is 11.7. The summed E-state index contributed by atoms with van der Waals surface area (Å²) in [6.07, 6.45) is 2.85. The van der Waals surface area contributed by atoms with Gasteiger partial charge in [0.1, 0.15) is 0 Å². The van der Waals surface area contributed by atoms with Crippen LogP contribution in [0, 0.1) is 11.3 Å². The summed E-state index contributed by atoms with van der Waals surface area (Å²) < 4.78 is 0. The van der Waals surface area contributed by atoms with Gasteiger partial charge in [-0.1, -0.05) is 18.6 Å². The topological polar surface area (TPSA) is 69.6 Å². The molecule has 2 aliphatic rings. The molecule has 1 saturated carbocycles. The lowest BCUT2D eigenvalue weighted by atomic mass is 9.81. The number of hydrogen-bond acceptors (Lipinski definition) is 3. The van der Waals surface area contributed by atoms with E-state index in [4.69, 9.17) is 0 Å². The molecule has 0 unspecified atom stereocenters. The summed E-state index contributed by atoms with van der Waals surface area (Å²) in [4.78, 5) is 25.1. The van der Waals surface area contributed by atoms with Gasteiger partial charge in [-0.3, -0.25) is 14.5 Å². The molecule has 1 aliphatic heterocycles. The number of amides is 1. The highest BCUT2D eigenvalue weighted by atomic mass is 16.4. The van der Waals surface area contributed by atoms with E-state index in [1.807, 2.05) is 24.3 Å². The van der Waals surface area contributed by atoms with Crippen LogP contribution in [-0.2, 0) is 16.1 Å². The number of carboxylic acid groups (broad SMARTS) is 1. The Bertz CT molecular complexity index is 601. The number of nitrogens with one attached hydrogen (secondary N) is 1. The minimum atomic E-state index is -0.635. The summed E-state index contributed by atoms with van der Waals surface area (Å²) in [5.41, 5.74) is 1.36. The molecule has 118 valence electrons. The van der Waals surface area contributed by atoms with Gasteiger partial charge in [0, 0.05) is 32.2 Å². The van der Waals surface area contributed by atoms with Gasteiger partial charge in [-0.2, -0.15) is 0 Å². The zero-order valence-corrected chi connectivity index (χ0v) is 12.8. The van der Waals surface area contributed by atoms with Gasteiger partial charge in [-0.05, 0) is 36.5 Å². The van der Waals surface area contributed by atoms with Crippen molar-refractivity contribution in [2.45, 2.75) is 32.7 Å². The van der Waals surface area contributed by atoms with E-state index in [1.54, 1.807) is 0 Å². The maximum Gasteiger partial charge on any atom is 0.311 e. The van der Waals surface area contributed by atoms with Gasteiger partial charge >= 0.3 is 5.97 Å². The van der Waals surface area contributed by atoms with Crippen LogP contribution in [0.25, 0.3) is 0 Å². The van der Waals surface area contributed by atoms with Gasteiger partial charge < -0.3 is 10.4 Å². The summed E-state index contributed by atoms with van der Waals surface area (Å²) in [6, 6.07) is 7.77. The van der Waals surface area contributed by atoms with Crippen molar-refractivity contribution in [1.29, 1.82) is 0 Å². The molecular formula is C17H22N2O3. The predicted molar refractivity (Wildman–Crippen MR) is 83.4 cm³/mol. The smallest absolute Gasteiger partial charge is 0.311 e. The van der Waals surface area contributed by atoms with E-state index in [0.29, 0.717) is 6.54 Å². The van der Waals surface area contributed by atoms with E-state index in [2.05, 4.69) is 10.2 Å². The molecule has 1 aromatic carbocycles. The molecule has 0 bridgehead atoms. The monoisotopic (exact) mass is 302 g/mol. The van der Waals surface area contributed by atoms with E-state index < -0.39 is 11.4 Å². The van der Waals surface area contributed by atoms with E-state index in [9.17, 15) is 14.7 Å². The Morgan fingerprint density at radius 2 is 2.27 bits per heavy atom. The number of carbonyl (C=O) groups is 2. The number of fused-ring (bicyclic) bond motifs is 1. The molecule has 22 heavy (non-hydrogen) atoms. The third-order valence-corrected chi connectivity index (χ3v) is 5.02. The van der Waals surface area contributed by atoms with Crippen molar-refractivity contribution < 1.29 is 14.7 Å². The fraction of sp³-hybridized carbons (Fsp3) is 0.529. The molecule has 5 nitrogen and oxygen atoms in total. The van der Waals surface area contributed by atoms with E-state index in [0.717, 1.165) is 43.6 Å². The number of nitrogens with zero attached hydrogens (tertiary/aromatic N) is 1. The summed E-state index contributed by atoms with van der Waals surface area (Å²) in [5.74, 6) is -0.439. The first kappa shape index (κ1) is 15.0. The molecular weight excluding hydrogens is 280 g/mol. The van der Waals surface area contributed by atoms with Gasteiger partial charge in [0.2, 0.25) is 5.91 Å². The minimum absolute atomic E-state index is 0.0855. The number of hydrogen-bond donors (Lipinski definition) is 2. The second kappa shape index (κ2) is 5.72. The number of anilines is 1. The number of benzene rings is 1. The van der Waals surface area contributed by atoms with Crippen molar-refractivity contribution in [2.24, 2.45) is 11.3 Å². The number of carboxylic acids is 1. The van der Waals surface area contributed by atoms with Crippen LogP contribution in [-0.4, -0.2) is 35.0 Å². The molecule has 1 saturated heterocycles. The first-order valence-corrected chi connectivity index (χ1v) is 7.82. The van der Waals surface area contributed by atoms with Crippen molar-refractivity contribution in [3.8, 4) is 0 Å². The molecule has 0 spiro atoms. The van der Waals surface area contributed by atoms with Gasteiger partial charge in [0.15, 0.2) is 0 Å². The predicted octanol–water partition coefficient (Wildman–Crippen LogP) is 2.33. The maximum absolute atomic E-state index is 11.7. The number of aliphatic carboxylic acids is 1. The summed E-state index contributed by atoms with van der Waals surface area (Å²) in [5, 5.41) is 12.4. The fourth-order valence-electron chi connectivity index (χ4n) is 4.07. The van der Waals surface area contributed by atoms with Crippen LogP contribution in [0.2, 0.25) is 0 Å². The molecule has 1 aliphatic carbocycles. The van der Waals surface area contributed by atoms with Crippen LogP contribution in [0.15, 0.2) is 24.3 Å². The largest absolute Gasteiger partial charge is 0.481 e. The number of likely N-dealkylation sites (tertiary alicyclic amines) is 1. The highest BCUT2D eigenvalue weighted by Crippen LogP contribution is 2.49. The first-order chi connectivity index (χ1) is 10.5. The Hall–Kier alpha value is -1.88. The molecule has 2 atom stereocenters. The van der Waals surface area contributed by atoms with Crippen LogP contribution in [0.4, 0.5) is 5.69 Å². The lowest BCUT2D eigenvalue weighted by Crippen LogP contribution is -2.35. The van der Waals surface area contributed by atoms with Gasteiger partial charge in [0.05, 0.1) is 5.41 Å². The highest BCUT2D eigenvalue weighted by Gasteiger charge is 2.54. The number of carbonyl (C=O) groups excluding carboxylic acids is 1. The molecule has 1 heterocycles. The molecule has 2 N–H and O–H groups in total. The fourth-order valence-corrected chi connectivity index (χ4v) is 4.07. The molecule has 1 aromatic rings. The quantitative estimate of drug-likeness (QED) is 0.895. The normalized spacial score (nSPS) is 27.6. The standard InChI is InChI=1S/C17H22N2O3/c1-12(20)18-15-6-2-4-13(8-15)9-19-10-14-5-3-7-17(14,11-19)16(21)22/h2,4,6,8,14H,3,5,7,9-11H2,1H3,(H,18,20)(H,21,22)/t14-,17+/m0/s1. The molecule has 1 amide bonds. The van der Waals surface area contributed by atoms with Crippen molar-refractivity contribution in [2.75, 3.05) is 18.4 Å². The lowest BCUT2D eigenvalue weighted by molar-refractivity contribution is -0.149. The second-order valence-corrected chi connectivity index (χ2v) is 6.60. The third-order valence-electron chi connectivity index (χ3n) is 5.02. The molecule has 0 aromatic heterocycles. The first-order valence-electron chi connectivity index (χ1n) is 7.82. The Morgan fingerprint density at radius 1 is 1.45 bits per heavy atom. The van der Waals surface area contributed by atoms with Crippen LogP contribution in [0.5, 0.6) is 0 Å². The second-order valence-electron chi connectivity index (χ2n) is 6.60. The molecule has 3 rings (SSSR count). The Labute approximate surface area is 130 Å². The van der Waals surface area contributed by atoms with Crippen molar-refractivity contribution in [3.63, 3.8) is 0 Å². The third kappa shape index (κ3) is 2.73. The van der Waals surface area contributed by atoms with Crippen molar-refractivity contribution in [1.82, 2.24) is 4.90 Å². The van der Waals surface area contributed by atoms with E-state index in [-0.39, 0.29) is 11.8 Å². The average molecular weight is 302 g/mol. The van der Waals surface area contributed by atoms with Crippen LogP contribution >= 0.6 is 0 Å². The van der Waals surface area contributed by atoms with Crippen molar-refractivity contribution in [3.05, 3.63) is 29.8 Å². The SMILES string of the molecule is CC(=O)Nc1cccc(CN2C[C@@H]3CCC[C@@]3(C(=O)O)C2)c1. The van der Waals surface area contributed by atoms with Gasteiger partial charge in [-0.25, -0.2) is 0 Å². The highest BCUT2D eigenvalue weighted by molar-refractivity contribution is 5.88. The Kier molecular flexibility index (Phi) is 3.91. The number of rotatable bonds is 4. The van der Waals surface area contributed by atoms with Crippen molar-refractivity contribution >= 4 is 17.6 Å². The Morgan fingerprint density at radius 3 is 2.95 bits per heavy atom. The van der Waals surface area contributed by atoms with Gasteiger partial charge in [-0.15, -0.1) is 0 Å².